The summed E-state index contributed by atoms with van der Waals surface area (Å²) in [7, 11) is 0. The molecule has 0 fully saturated rings. The number of nitrogens with one attached hydrogen (secondary N) is 2. The van der Waals surface area contributed by atoms with Gasteiger partial charge in [0.05, 0.1) is 0 Å². The van der Waals surface area contributed by atoms with Crippen molar-refractivity contribution in [2.45, 2.75) is 32.1 Å². The maximum absolute atomic E-state index is 5.59. The van der Waals surface area contributed by atoms with E-state index in [1.54, 1.807) is 0 Å². The molecule has 4 nitrogen and oxygen atoms in total. The summed E-state index contributed by atoms with van der Waals surface area (Å²) in [6.45, 7) is 2.39. The molecule has 5 heteroatoms. The van der Waals surface area contributed by atoms with Crippen LogP contribution in [0.5, 0.6) is 0 Å². The molecule has 0 saturated carbocycles. The van der Waals surface area contributed by atoms with Crippen molar-refractivity contribution in [3.05, 3.63) is 76.2 Å². The van der Waals surface area contributed by atoms with Crippen LogP contribution in [-0.4, -0.2) is 24.6 Å². The molecule has 0 spiro atoms. The number of aromatic nitrogens is 1. The number of rotatable bonds is 7. The number of benzene rings is 2. The van der Waals surface area contributed by atoms with E-state index >= 15 is 0 Å². The van der Waals surface area contributed by atoms with E-state index < -0.39 is 0 Å². The Bertz CT molecular complexity index is 1080. The first-order valence-corrected chi connectivity index (χ1v) is 11.1. The van der Waals surface area contributed by atoms with Gasteiger partial charge in [-0.25, -0.2) is 0 Å². The Morgan fingerprint density at radius 2 is 1.90 bits per heavy atom. The molecule has 2 aromatic carbocycles. The maximum atomic E-state index is 5.59. The maximum Gasteiger partial charge on any atom is 1.00 e. The Morgan fingerprint density at radius 1 is 1.00 bits per heavy atom. The molecule has 1 aliphatic heterocycles. The summed E-state index contributed by atoms with van der Waals surface area (Å²) in [6.07, 6.45) is 10.2. The Morgan fingerprint density at radius 3 is 2.81 bits per heavy atom. The van der Waals surface area contributed by atoms with Gasteiger partial charge in [-0.3, -0.25) is 0 Å². The van der Waals surface area contributed by atoms with Gasteiger partial charge >= 0.3 is 51.4 Å². The molecule has 2 heterocycles. The Labute approximate surface area is 227 Å². The predicted octanol–water partition coefficient (Wildman–Crippen LogP) is 2.88. The molecular formula is C26H29KN4. The van der Waals surface area contributed by atoms with E-state index in [2.05, 4.69) is 65.0 Å². The van der Waals surface area contributed by atoms with E-state index in [0.717, 1.165) is 44.0 Å². The van der Waals surface area contributed by atoms with Crippen molar-refractivity contribution >= 4 is 23.2 Å². The van der Waals surface area contributed by atoms with Crippen molar-refractivity contribution in [1.82, 2.24) is 4.98 Å². The summed E-state index contributed by atoms with van der Waals surface area (Å²) in [5.41, 5.74) is 16.2. The summed E-state index contributed by atoms with van der Waals surface area (Å²) < 4.78 is 0. The monoisotopic (exact) mass is 436 g/mol. The average Bonchev–Trinajstić information content (AvgIpc) is 3.43. The van der Waals surface area contributed by atoms with Crippen LogP contribution < -0.4 is 62.4 Å². The molecule has 0 unspecified atom stereocenters. The van der Waals surface area contributed by atoms with Crippen LogP contribution in [0.25, 0.3) is 28.1 Å². The van der Waals surface area contributed by atoms with Crippen molar-refractivity contribution in [3.63, 3.8) is 0 Å². The minimum atomic E-state index is 0. The van der Waals surface area contributed by atoms with Gasteiger partial charge in [0.1, 0.15) is 5.82 Å². The number of H-pyrrole nitrogens is 1. The van der Waals surface area contributed by atoms with Crippen LogP contribution in [0.15, 0.2) is 48.7 Å². The minimum absolute atomic E-state index is 0. The summed E-state index contributed by atoms with van der Waals surface area (Å²) in [4.78, 5) is 3.45. The zero-order valence-electron chi connectivity index (χ0n) is 18.4. The van der Waals surface area contributed by atoms with Crippen LogP contribution in [0.1, 0.15) is 41.5 Å². The van der Waals surface area contributed by atoms with Crippen molar-refractivity contribution in [2.75, 3.05) is 25.0 Å². The molecule has 1 aliphatic carbocycles. The molecule has 31 heavy (non-hydrogen) atoms. The van der Waals surface area contributed by atoms with Crippen LogP contribution in [0.2, 0.25) is 0 Å². The SMILES string of the molecule is NCCCC[N-]c1cccc(C2=Cc3c(-c4cccc5c4CCC5)c[nH]c3NC2)c1.[K+]. The van der Waals surface area contributed by atoms with Crippen molar-refractivity contribution in [3.8, 4) is 11.1 Å². The molecule has 154 valence electrons. The third-order valence-corrected chi connectivity index (χ3v) is 6.25. The van der Waals surface area contributed by atoms with E-state index in [4.69, 9.17) is 11.1 Å². The quantitative estimate of drug-likeness (QED) is 0.394. The van der Waals surface area contributed by atoms with Gasteiger partial charge in [0.25, 0.3) is 0 Å². The molecule has 0 atom stereocenters. The van der Waals surface area contributed by atoms with Crippen LogP contribution >= 0.6 is 0 Å². The van der Waals surface area contributed by atoms with Gasteiger partial charge in [-0.15, -0.1) is 12.2 Å². The van der Waals surface area contributed by atoms with Gasteiger partial charge in [-0.2, -0.15) is 0 Å². The fraction of sp³-hybridized carbons (Fsp3) is 0.308. The average molecular weight is 437 g/mol. The first-order chi connectivity index (χ1) is 14.8. The number of fused-ring (bicyclic) bond motifs is 2. The van der Waals surface area contributed by atoms with E-state index in [0.29, 0.717) is 0 Å². The summed E-state index contributed by atoms with van der Waals surface area (Å²) in [6, 6.07) is 15.3. The van der Waals surface area contributed by atoms with Crippen LogP contribution in [-0.2, 0) is 12.8 Å². The molecule has 0 saturated heterocycles. The van der Waals surface area contributed by atoms with E-state index in [9.17, 15) is 0 Å². The molecule has 1 aromatic heterocycles. The van der Waals surface area contributed by atoms with E-state index in [1.807, 2.05) is 0 Å². The van der Waals surface area contributed by atoms with Gasteiger partial charge < -0.3 is 21.4 Å². The summed E-state index contributed by atoms with van der Waals surface area (Å²) >= 11 is 0. The fourth-order valence-electron chi connectivity index (χ4n) is 4.69. The fourth-order valence-corrected chi connectivity index (χ4v) is 4.69. The smallest absolute Gasteiger partial charge is 0.684 e. The second-order valence-electron chi connectivity index (χ2n) is 8.24. The number of unbranched alkanes of at least 4 members (excludes halogenated alkanes) is 1. The number of anilines is 1. The van der Waals surface area contributed by atoms with Gasteiger partial charge in [-0.05, 0) is 66.1 Å². The molecule has 5 rings (SSSR count). The topological polar surface area (TPSA) is 67.9 Å². The van der Waals surface area contributed by atoms with E-state index in [-0.39, 0.29) is 51.4 Å². The molecule has 0 amide bonds. The molecule has 2 aliphatic rings. The van der Waals surface area contributed by atoms with Gasteiger partial charge in [0.2, 0.25) is 0 Å². The van der Waals surface area contributed by atoms with E-state index in [1.165, 1.54) is 58.2 Å². The third kappa shape index (κ3) is 4.87. The third-order valence-electron chi connectivity index (χ3n) is 6.25. The Kier molecular flexibility index (Phi) is 7.75. The number of nitrogens with two attached hydrogens (primary N) is 1. The molecule has 0 bridgehead atoms. The first-order valence-electron chi connectivity index (χ1n) is 11.1. The van der Waals surface area contributed by atoms with Gasteiger partial charge in [0, 0.05) is 23.9 Å². The number of aromatic amines is 1. The first kappa shape index (κ1) is 22.8. The normalized spacial score (nSPS) is 14.2. The standard InChI is InChI=1S/C26H29N4.K/c27-12-1-2-13-28-21-9-3-8-19(14-21)20-15-24-25(17-30-26(24)29-16-20)23-11-5-7-18-6-4-10-22(18)23;/h3,5,7-9,11,14-15,17,29-30H,1-2,4,6,10,12-13,16,27H2;/q-1;+1. The summed E-state index contributed by atoms with van der Waals surface area (Å²) in [5.74, 6) is 1.12. The molecule has 4 N–H and O–H groups in total. The van der Waals surface area contributed by atoms with Gasteiger partial charge in [0.15, 0.2) is 0 Å². The molecule has 0 radical (unpaired) electrons. The second kappa shape index (κ2) is 10.5. The number of aryl methyl sites for hydroxylation is 1. The van der Waals surface area contributed by atoms with Crippen LogP contribution in [0, 0.1) is 0 Å². The zero-order valence-corrected chi connectivity index (χ0v) is 21.5. The largest absolute Gasteiger partial charge is 1.00 e. The van der Waals surface area contributed by atoms with Crippen LogP contribution in [0.3, 0.4) is 0 Å². The predicted molar refractivity (Wildman–Crippen MR) is 127 cm³/mol. The summed E-state index contributed by atoms with van der Waals surface area (Å²) in [5, 5.41) is 8.31. The number of hydrogen-bond acceptors (Lipinski definition) is 2. The second-order valence-corrected chi connectivity index (χ2v) is 8.24. The van der Waals surface area contributed by atoms with Gasteiger partial charge in [-0.1, -0.05) is 48.9 Å². The van der Waals surface area contributed by atoms with Crippen molar-refractivity contribution in [1.29, 1.82) is 0 Å². The minimum Gasteiger partial charge on any atom is -0.684 e. The molecular weight excluding hydrogens is 407 g/mol. The van der Waals surface area contributed by atoms with Crippen molar-refractivity contribution in [2.24, 2.45) is 5.73 Å². The Hall–Kier alpha value is -1.34. The van der Waals surface area contributed by atoms with Crippen LogP contribution in [0.4, 0.5) is 11.5 Å². The molecule has 3 aromatic rings. The number of nitrogens with zero attached hydrogens (tertiary/aromatic N) is 1. The Balaban J connectivity index is 0.00000231. The number of hydrogen-bond donors (Lipinski definition) is 3. The van der Waals surface area contributed by atoms with Crippen molar-refractivity contribution < 1.29 is 51.4 Å². The zero-order chi connectivity index (χ0) is 20.3.